The third kappa shape index (κ3) is 3.54. The molecule has 0 amide bonds. The molecule has 0 unspecified atom stereocenters. The molecule has 10 heteroatoms. The van der Waals surface area contributed by atoms with E-state index in [2.05, 4.69) is 20.3 Å². The van der Waals surface area contributed by atoms with Gasteiger partial charge in [0.25, 0.3) is 0 Å². The van der Waals surface area contributed by atoms with E-state index in [1.54, 1.807) is 0 Å². The van der Waals surface area contributed by atoms with Gasteiger partial charge in [0.15, 0.2) is 5.69 Å². The fourth-order valence-corrected chi connectivity index (χ4v) is 2.03. The molecule has 20 heavy (non-hydrogen) atoms. The molecule has 0 aliphatic carbocycles. The summed E-state index contributed by atoms with van der Waals surface area (Å²) in [7, 11) is 0. The van der Waals surface area contributed by atoms with Crippen LogP contribution in [0.5, 0.6) is 0 Å². The van der Waals surface area contributed by atoms with Crippen molar-refractivity contribution in [2.45, 2.75) is 19.6 Å². The van der Waals surface area contributed by atoms with E-state index < -0.39 is 11.9 Å². The number of hydrogen-bond acceptors (Lipinski definition) is 7. The Kier molecular flexibility index (Phi) is 4.04. The lowest BCUT2D eigenvalue weighted by molar-refractivity contribution is -0.141. The van der Waals surface area contributed by atoms with Crippen molar-refractivity contribution in [1.82, 2.24) is 15.0 Å². The number of halogens is 3. The lowest BCUT2D eigenvalue weighted by Gasteiger charge is -2.10. The zero-order valence-electron chi connectivity index (χ0n) is 10.3. The van der Waals surface area contributed by atoms with E-state index in [4.69, 9.17) is 5.84 Å². The quantitative estimate of drug-likeness (QED) is 0.592. The summed E-state index contributed by atoms with van der Waals surface area (Å²) in [6, 6.07) is 0.820. The van der Waals surface area contributed by atoms with Crippen LogP contribution in [0, 0.1) is 6.92 Å². The molecule has 0 saturated carbocycles. The van der Waals surface area contributed by atoms with Crippen molar-refractivity contribution in [3.05, 3.63) is 27.8 Å². The average Bonchev–Trinajstić information content (AvgIpc) is 2.81. The van der Waals surface area contributed by atoms with Gasteiger partial charge in [0, 0.05) is 11.4 Å². The number of hydrazine groups is 1. The van der Waals surface area contributed by atoms with Gasteiger partial charge in [-0.3, -0.25) is 5.43 Å². The number of anilines is 2. The number of nitrogen functional groups attached to an aromatic ring is 1. The van der Waals surface area contributed by atoms with Crippen molar-refractivity contribution in [1.29, 1.82) is 0 Å². The third-order valence-electron chi connectivity index (χ3n) is 2.26. The normalized spacial score (nSPS) is 11.4. The van der Waals surface area contributed by atoms with Gasteiger partial charge in [-0.15, -0.1) is 11.3 Å². The van der Waals surface area contributed by atoms with Crippen molar-refractivity contribution < 1.29 is 13.2 Å². The molecule has 108 valence electrons. The number of alkyl halides is 3. The summed E-state index contributed by atoms with van der Waals surface area (Å²) in [5, 5.41) is 5.45. The van der Waals surface area contributed by atoms with Gasteiger partial charge in [0.2, 0.25) is 5.95 Å². The number of aromatic nitrogens is 3. The van der Waals surface area contributed by atoms with Crippen molar-refractivity contribution in [3.8, 4) is 0 Å². The summed E-state index contributed by atoms with van der Waals surface area (Å²) < 4.78 is 38.0. The molecule has 0 aliphatic heterocycles. The van der Waals surface area contributed by atoms with Crippen molar-refractivity contribution in [2.75, 3.05) is 10.7 Å². The topological polar surface area (TPSA) is 88.8 Å². The van der Waals surface area contributed by atoms with E-state index in [1.807, 2.05) is 17.7 Å². The lowest BCUT2D eigenvalue weighted by atomic mass is 10.3. The predicted octanol–water partition coefficient (Wildman–Crippen LogP) is 2.16. The van der Waals surface area contributed by atoms with Crippen LogP contribution in [0.25, 0.3) is 0 Å². The van der Waals surface area contributed by atoms with Gasteiger partial charge in [-0.05, 0) is 6.92 Å². The number of nitrogens with zero attached hydrogens (tertiary/aromatic N) is 3. The van der Waals surface area contributed by atoms with Crippen molar-refractivity contribution in [3.63, 3.8) is 0 Å². The van der Waals surface area contributed by atoms with E-state index in [1.165, 1.54) is 11.3 Å². The first-order chi connectivity index (χ1) is 9.38. The second-order valence-corrected chi connectivity index (χ2v) is 4.88. The number of thiazole rings is 1. The summed E-state index contributed by atoms with van der Waals surface area (Å²) in [4.78, 5) is 11.3. The first-order valence-corrected chi connectivity index (χ1v) is 6.34. The van der Waals surface area contributed by atoms with Gasteiger partial charge in [0.1, 0.15) is 5.82 Å². The molecule has 4 N–H and O–H groups in total. The number of rotatable bonds is 4. The lowest BCUT2D eigenvalue weighted by Crippen LogP contribution is -2.16. The monoisotopic (exact) mass is 304 g/mol. The molecule has 2 rings (SSSR count). The second kappa shape index (κ2) is 5.59. The summed E-state index contributed by atoms with van der Waals surface area (Å²) in [5.74, 6) is 4.77. The van der Waals surface area contributed by atoms with E-state index in [0.717, 1.165) is 16.8 Å². The third-order valence-corrected chi connectivity index (χ3v) is 3.09. The molecule has 0 aromatic carbocycles. The summed E-state index contributed by atoms with van der Waals surface area (Å²) in [6.45, 7) is 2.11. The van der Waals surface area contributed by atoms with Gasteiger partial charge in [0.05, 0.1) is 17.2 Å². The summed E-state index contributed by atoms with van der Waals surface area (Å²) >= 11 is 1.46. The van der Waals surface area contributed by atoms with Crippen molar-refractivity contribution >= 4 is 23.1 Å². The molecule has 0 aliphatic rings. The Morgan fingerprint density at radius 1 is 1.30 bits per heavy atom. The van der Waals surface area contributed by atoms with Gasteiger partial charge >= 0.3 is 6.18 Å². The fourth-order valence-electron chi connectivity index (χ4n) is 1.42. The highest BCUT2D eigenvalue weighted by Crippen LogP contribution is 2.29. The molecule has 0 spiro atoms. The second-order valence-electron chi connectivity index (χ2n) is 3.82. The van der Waals surface area contributed by atoms with Crippen molar-refractivity contribution in [2.24, 2.45) is 5.84 Å². The molecule has 0 atom stereocenters. The molecule has 2 aromatic heterocycles. The zero-order chi connectivity index (χ0) is 14.8. The standard InChI is InChI=1S/C10H11F3N6S/c1-5-16-6(4-20-5)3-15-8-2-7(10(11,12)13)17-9(18-8)19-14/h2,4H,3,14H2,1H3,(H2,15,17,18,19). The first-order valence-electron chi connectivity index (χ1n) is 5.46. The fraction of sp³-hybridized carbons (Fsp3) is 0.300. The minimum absolute atomic E-state index is 0.0194. The Bertz CT molecular complexity index is 597. The molecular weight excluding hydrogens is 293 g/mol. The van der Waals surface area contributed by atoms with Crippen LogP contribution >= 0.6 is 11.3 Å². The highest BCUT2D eigenvalue weighted by molar-refractivity contribution is 7.09. The van der Waals surface area contributed by atoms with Gasteiger partial charge in [-0.25, -0.2) is 15.8 Å². The SMILES string of the molecule is Cc1nc(CNc2cc(C(F)(F)F)nc(NN)n2)cs1. The summed E-state index contributed by atoms with van der Waals surface area (Å²) in [5.41, 5.74) is 1.66. The first kappa shape index (κ1) is 14.5. The Hall–Kier alpha value is -1.94. The molecule has 2 aromatic rings. The number of aryl methyl sites for hydroxylation is 1. The Labute approximate surface area is 116 Å². The number of hydrogen-bond donors (Lipinski definition) is 3. The van der Waals surface area contributed by atoms with Crippen LogP contribution in [0.4, 0.5) is 24.9 Å². The Balaban J connectivity index is 2.18. The van der Waals surface area contributed by atoms with Gasteiger partial charge in [-0.1, -0.05) is 0 Å². The maximum atomic E-state index is 12.7. The predicted molar refractivity (Wildman–Crippen MR) is 69.0 cm³/mol. The van der Waals surface area contributed by atoms with Crippen LogP contribution in [0.15, 0.2) is 11.4 Å². The number of nitrogens with two attached hydrogens (primary N) is 1. The van der Waals surface area contributed by atoms with E-state index in [-0.39, 0.29) is 18.3 Å². The van der Waals surface area contributed by atoms with E-state index in [9.17, 15) is 13.2 Å². The minimum Gasteiger partial charge on any atom is -0.364 e. The highest BCUT2D eigenvalue weighted by Gasteiger charge is 2.33. The van der Waals surface area contributed by atoms with Crippen LogP contribution < -0.4 is 16.6 Å². The zero-order valence-corrected chi connectivity index (χ0v) is 11.1. The summed E-state index contributed by atoms with van der Waals surface area (Å²) in [6.07, 6.45) is -4.57. The highest BCUT2D eigenvalue weighted by atomic mass is 32.1. The molecule has 0 saturated heterocycles. The van der Waals surface area contributed by atoms with Gasteiger partial charge < -0.3 is 5.32 Å². The molecule has 0 radical (unpaired) electrons. The van der Waals surface area contributed by atoms with E-state index in [0.29, 0.717) is 0 Å². The van der Waals surface area contributed by atoms with Crippen LogP contribution in [0.3, 0.4) is 0 Å². The molecule has 2 heterocycles. The van der Waals surface area contributed by atoms with E-state index >= 15 is 0 Å². The molecule has 6 nitrogen and oxygen atoms in total. The van der Waals surface area contributed by atoms with Crippen LogP contribution in [0.2, 0.25) is 0 Å². The smallest absolute Gasteiger partial charge is 0.364 e. The average molecular weight is 304 g/mol. The van der Waals surface area contributed by atoms with Gasteiger partial charge in [-0.2, -0.15) is 18.2 Å². The number of nitrogens with one attached hydrogen (secondary N) is 2. The molecule has 0 bridgehead atoms. The maximum absolute atomic E-state index is 12.7. The largest absolute Gasteiger partial charge is 0.433 e. The maximum Gasteiger partial charge on any atom is 0.433 e. The minimum atomic E-state index is -4.57. The van der Waals surface area contributed by atoms with Crippen LogP contribution in [-0.4, -0.2) is 15.0 Å². The molecular formula is C10H11F3N6S. The van der Waals surface area contributed by atoms with Crippen LogP contribution in [-0.2, 0) is 12.7 Å². The Morgan fingerprint density at radius 2 is 2.05 bits per heavy atom. The Morgan fingerprint density at radius 3 is 2.60 bits per heavy atom. The molecule has 0 fully saturated rings. The van der Waals surface area contributed by atoms with Crippen LogP contribution in [0.1, 0.15) is 16.4 Å².